The summed E-state index contributed by atoms with van der Waals surface area (Å²) in [5, 5.41) is 19.4. The molecule has 0 aliphatic heterocycles. The van der Waals surface area contributed by atoms with Gasteiger partial charge in [-0.1, -0.05) is 96.4 Å². The van der Waals surface area contributed by atoms with Crippen molar-refractivity contribution in [1.82, 2.24) is 21.4 Å². The number of unbranched alkanes of at least 4 members (excludes halogenated alkanes) is 5. The highest BCUT2D eigenvalue weighted by Crippen LogP contribution is 2.23. The lowest BCUT2D eigenvalue weighted by molar-refractivity contribution is -0.142. The topological polar surface area (TPSA) is 197 Å². The van der Waals surface area contributed by atoms with Gasteiger partial charge in [0.25, 0.3) is 0 Å². The van der Waals surface area contributed by atoms with E-state index in [4.69, 9.17) is 5.84 Å². The third-order valence-electron chi connectivity index (χ3n) is 11.2. The minimum atomic E-state index is -1.50. The summed E-state index contributed by atoms with van der Waals surface area (Å²) in [5.41, 5.74) is 1.35. The van der Waals surface area contributed by atoms with Crippen molar-refractivity contribution in [2.24, 2.45) is 23.6 Å². The predicted molar refractivity (Wildman–Crippen MR) is 232 cm³/mol. The minimum absolute atomic E-state index is 0.00225. The van der Waals surface area contributed by atoms with Crippen molar-refractivity contribution < 1.29 is 33.9 Å². The van der Waals surface area contributed by atoms with Crippen LogP contribution in [0.3, 0.4) is 0 Å². The summed E-state index contributed by atoms with van der Waals surface area (Å²) in [5.74, 6) is 3.38. The fourth-order valence-electron chi connectivity index (χ4n) is 7.13. The zero-order valence-corrected chi connectivity index (χ0v) is 37.2. The number of rotatable bonds is 31. The minimum Gasteiger partial charge on any atom is -0.391 e. The van der Waals surface area contributed by atoms with Gasteiger partial charge in [0.15, 0.2) is 5.78 Å². The molecular weight excluding hydrogens is 735 g/mol. The van der Waals surface area contributed by atoms with E-state index in [1.54, 1.807) is 13.8 Å². The van der Waals surface area contributed by atoms with E-state index in [2.05, 4.69) is 47.4 Å². The van der Waals surface area contributed by atoms with Crippen LogP contribution in [0, 0.1) is 17.8 Å². The molecule has 2 amide bonds. The van der Waals surface area contributed by atoms with Crippen molar-refractivity contribution in [1.29, 1.82) is 0 Å². The zero-order valence-electron chi connectivity index (χ0n) is 37.2. The lowest BCUT2D eigenvalue weighted by atomic mass is 9.86. The Morgan fingerprint density at radius 3 is 1.79 bits per heavy atom. The van der Waals surface area contributed by atoms with Gasteiger partial charge in [0.1, 0.15) is 17.9 Å². The summed E-state index contributed by atoms with van der Waals surface area (Å²) in [6, 6.07) is 5.77. The Morgan fingerprint density at radius 1 is 0.724 bits per heavy atom. The fourth-order valence-corrected chi connectivity index (χ4v) is 7.13. The van der Waals surface area contributed by atoms with Gasteiger partial charge in [-0.2, -0.15) is 0 Å². The van der Waals surface area contributed by atoms with Crippen molar-refractivity contribution in [2.45, 2.75) is 188 Å². The maximum atomic E-state index is 13.8. The fraction of sp³-hybridized carbons (Fsp3) is 0.696. The van der Waals surface area contributed by atoms with Gasteiger partial charge < -0.3 is 15.7 Å². The number of aliphatic hydroxyl groups is 1. The molecule has 0 saturated heterocycles. The highest BCUT2D eigenvalue weighted by Gasteiger charge is 2.40. The molecule has 12 nitrogen and oxygen atoms in total. The first kappa shape index (κ1) is 52.4. The normalized spacial score (nSPS) is 16.5. The molecule has 0 unspecified atom stereocenters. The smallest absolute Gasteiger partial charge is 0.239 e. The number of nitrogens with one attached hydrogen (secondary N) is 4. The van der Waals surface area contributed by atoms with E-state index in [1.807, 2.05) is 58.0 Å². The van der Waals surface area contributed by atoms with Gasteiger partial charge in [-0.25, -0.2) is 5.43 Å². The van der Waals surface area contributed by atoms with Crippen LogP contribution in [0.25, 0.3) is 0 Å². The number of nitrogens with two attached hydrogens (primary N) is 1. The van der Waals surface area contributed by atoms with Crippen molar-refractivity contribution in [3.05, 3.63) is 48.0 Å². The summed E-state index contributed by atoms with van der Waals surface area (Å²) in [6.07, 6.45) is 12.1. The van der Waals surface area contributed by atoms with Gasteiger partial charge in [0, 0.05) is 5.92 Å². The first-order valence-corrected chi connectivity index (χ1v) is 21.5. The first-order chi connectivity index (χ1) is 27.2. The van der Waals surface area contributed by atoms with Crippen LogP contribution in [0.1, 0.15) is 152 Å². The Morgan fingerprint density at radius 2 is 1.28 bits per heavy atom. The molecule has 0 fully saturated rings. The van der Waals surface area contributed by atoms with Crippen LogP contribution >= 0.6 is 0 Å². The molecule has 1 rings (SSSR count). The number of aliphatic hydroxyl groups excluding tert-OH is 1. The van der Waals surface area contributed by atoms with E-state index in [0.29, 0.717) is 18.8 Å². The Balaban J connectivity index is 2.74. The Labute approximate surface area is 349 Å². The van der Waals surface area contributed by atoms with Gasteiger partial charge in [-0.3, -0.25) is 39.9 Å². The van der Waals surface area contributed by atoms with Gasteiger partial charge in [-0.05, 0) is 116 Å². The van der Waals surface area contributed by atoms with Gasteiger partial charge in [-0.15, -0.1) is 0 Å². The number of hydrogen-bond donors (Lipinski definition) is 6. The van der Waals surface area contributed by atoms with E-state index in [-0.39, 0.29) is 42.2 Å². The highest BCUT2D eigenvalue weighted by atomic mass is 16.3. The van der Waals surface area contributed by atoms with Crippen LogP contribution in [-0.4, -0.2) is 75.4 Å². The molecule has 0 spiro atoms. The van der Waals surface area contributed by atoms with Crippen molar-refractivity contribution in [3.63, 3.8) is 0 Å². The van der Waals surface area contributed by atoms with E-state index in [9.17, 15) is 33.9 Å². The van der Waals surface area contributed by atoms with Crippen LogP contribution in [0.15, 0.2) is 42.5 Å². The second kappa shape index (κ2) is 26.5. The lowest BCUT2D eigenvalue weighted by Gasteiger charge is -2.34. The molecule has 7 N–H and O–H groups in total. The number of carbonyl (C=O) groups excluding carboxylic acids is 6. The zero-order chi connectivity index (χ0) is 44.1. The second-order valence-electron chi connectivity index (χ2n) is 17.5. The number of hydrazine groups is 1. The van der Waals surface area contributed by atoms with Gasteiger partial charge in [0.05, 0.1) is 23.2 Å². The quantitative estimate of drug-likeness (QED) is 0.0170. The van der Waals surface area contributed by atoms with E-state index >= 15 is 0 Å². The first-order valence-electron chi connectivity index (χ1n) is 21.5. The molecule has 0 heterocycles. The standard InChI is InChI=1S/C46H77N5O7/c1-11-37(28-31(2)3)43(57)50-46(10,35(8)54)27-23-18-16-14-12-13-15-17-22-26-45(9,34(7)53)49-38(29-32(4)5)41(55)42(56)40(33(6)52)48-44(58)39(51-47)30-36-24-20-19-21-25-36/h14,16,19-21,24-25,31-33,37-40,49,51-52H,11-13,15,17-18,22-23,26-30,47H2,1-10H3,(H,48,58)(H,50,57)/t33-,37+,38+,39+,40+,45-,46+/m1/s1. The van der Waals surface area contributed by atoms with Crippen LogP contribution in [-0.2, 0) is 35.2 Å². The monoisotopic (exact) mass is 812 g/mol. The second-order valence-corrected chi connectivity index (χ2v) is 17.5. The number of benzene rings is 1. The average molecular weight is 812 g/mol. The van der Waals surface area contributed by atoms with Crippen LogP contribution in [0.2, 0.25) is 0 Å². The summed E-state index contributed by atoms with van der Waals surface area (Å²) >= 11 is 0. The molecule has 12 heteroatoms. The number of ketones is 4. The molecule has 0 radical (unpaired) electrons. The number of hydrogen-bond acceptors (Lipinski definition) is 10. The Hall–Kier alpha value is -3.58. The molecule has 328 valence electrons. The average Bonchev–Trinajstić information content (AvgIpc) is 3.15. The predicted octanol–water partition coefficient (Wildman–Crippen LogP) is 6.02. The maximum Gasteiger partial charge on any atom is 0.239 e. The third kappa shape index (κ3) is 18.6. The largest absolute Gasteiger partial charge is 0.391 e. The molecule has 0 aliphatic carbocycles. The molecular formula is C46H77N5O7. The molecule has 58 heavy (non-hydrogen) atoms. The summed E-state index contributed by atoms with van der Waals surface area (Å²) < 4.78 is 0. The van der Waals surface area contributed by atoms with E-state index in [0.717, 1.165) is 63.4 Å². The van der Waals surface area contributed by atoms with Gasteiger partial charge >= 0.3 is 0 Å². The molecule has 0 aliphatic rings. The molecule has 0 saturated carbocycles. The summed E-state index contributed by atoms with van der Waals surface area (Å²) in [7, 11) is 0. The van der Waals surface area contributed by atoms with E-state index in [1.165, 1.54) is 13.8 Å². The maximum absolute atomic E-state index is 13.8. The highest BCUT2D eigenvalue weighted by molar-refractivity contribution is 6.41. The molecule has 1 aromatic carbocycles. The van der Waals surface area contributed by atoms with Crippen LogP contribution < -0.4 is 27.2 Å². The summed E-state index contributed by atoms with van der Waals surface area (Å²) in [4.78, 5) is 79.1. The van der Waals surface area contributed by atoms with Gasteiger partial charge in [0.2, 0.25) is 23.4 Å². The van der Waals surface area contributed by atoms with Crippen LogP contribution in [0.4, 0.5) is 0 Å². The Kier molecular flexibility index (Phi) is 24.0. The number of allylic oxidation sites excluding steroid dienone is 2. The molecule has 1 aromatic rings. The molecule has 7 atom stereocenters. The van der Waals surface area contributed by atoms with Crippen molar-refractivity contribution in [2.75, 3.05) is 0 Å². The van der Waals surface area contributed by atoms with Crippen LogP contribution in [0.5, 0.6) is 0 Å². The number of Topliss-reactive ketones (excluding diaryl/α,β-unsaturated/α-hetero) is 4. The summed E-state index contributed by atoms with van der Waals surface area (Å²) in [6.45, 7) is 18.0. The SMILES string of the molecule is CC[C@@H](CC(C)C)C(=O)N[C@@](C)(CCCC=CCCCCCC[C@@](C)(N[C@@H](CC(C)C)C(=O)C(=O)[C@@H](NC(=O)[C@H](Cc1ccccc1)NN)[C@@H](C)O)C(C)=O)C(C)=O. The van der Waals surface area contributed by atoms with E-state index < -0.39 is 52.8 Å². The molecule has 0 bridgehead atoms. The number of amides is 2. The Bertz CT molecular complexity index is 1480. The van der Waals surface area contributed by atoms with Crippen molar-refractivity contribution >= 4 is 34.9 Å². The number of carbonyl (C=O) groups is 6. The molecule has 0 aromatic heterocycles. The lowest BCUT2D eigenvalue weighted by Crippen LogP contribution is -2.61. The third-order valence-corrected chi connectivity index (χ3v) is 11.2. The van der Waals surface area contributed by atoms with Crippen molar-refractivity contribution in [3.8, 4) is 0 Å².